The number of unbranched alkanes of at least 4 members (excludes halogenated alkanes) is 1. The number of hydrogen-bond donors (Lipinski definition) is 1. The van der Waals surface area contributed by atoms with Gasteiger partial charge in [-0.25, -0.2) is 0 Å². The molecule has 1 saturated heterocycles. The molecule has 1 rings (SSSR count). The molecule has 0 aliphatic carbocycles. The number of ether oxygens (including phenoxy) is 1. The Labute approximate surface area is 91.8 Å². The van der Waals surface area contributed by atoms with Crippen LogP contribution in [-0.2, 0) is 9.53 Å². The minimum atomic E-state index is 0.159. The highest BCUT2D eigenvalue weighted by Gasteiger charge is 2.25. The molecule has 2 N–H and O–H groups in total. The van der Waals surface area contributed by atoms with E-state index in [1.54, 1.807) is 0 Å². The van der Waals surface area contributed by atoms with Crippen LogP contribution in [0.25, 0.3) is 0 Å². The molecule has 4 nitrogen and oxygen atoms in total. The molecule has 0 aromatic carbocycles. The zero-order chi connectivity index (χ0) is 11.3. The molecule has 1 fully saturated rings. The average Bonchev–Trinajstić information content (AvgIpc) is 2.16. The van der Waals surface area contributed by atoms with Crippen LogP contribution in [0.2, 0.25) is 0 Å². The van der Waals surface area contributed by atoms with Crippen LogP contribution in [0.1, 0.15) is 33.1 Å². The van der Waals surface area contributed by atoms with E-state index in [0.29, 0.717) is 13.0 Å². The van der Waals surface area contributed by atoms with E-state index in [9.17, 15) is 4.79 Å². The molecule has 0 saturated carbocycles. The zero-order valence-electron chi connectivity index (χ0n) is 9.74. The van der Waals surface area contributed by atoms with Gasteiger partial charge < -0.3 is 15.4 Å². The number of carbonyl (C=O) groups excluding carboxylic acids is 1. The van der Waals surface area contributed by atoms with Gasteiger partial charge in [0, 0.05) is 19.5 Å². The minimum absolute atomic E-state index is 0.159. The molecule has 1 amide bonds. The number of amides is 1. The maximum atomic E-state index is 11.8. The lowest BCUT2D eigenvalue weighted by molar-refractivity contribution is -0.143. The molecule has 0 spiro atoms. The summed E-state index contributed by atoms with van der Waals surface area (Å²) >= 11 is 0. The first-order valence-corrected chi connectivity index (χ1v) is 5.76. The summed E-state index contributed by atoms with van der Waals surface area (Å²) in [4.78, 5) is 13.7. The fourth-order valence-electron chi connectivity index (χ4n) is 1.96. The fraction of sp³-hybridized carbons (Fsp3) is 0.909. The van der Waals surface area contributed by atoms with Crippen LogP contribution in [-0.4, -0.2) is 42.6 Å². The van der Waals surface area contributed by atoms with Gasteiger partial charge in [-0.2, -0.15) is 0 Å². The topological polar surface area (TPSA) is 55.6 Å². The second kappa shape index (κ2) is 6.08. The number of rotatable bonds is 4. The van der Waals surface area contributed by atoms with Crippen LogP contribution in [0, 0.1) is 0 Å². The predicted molar refractivity (Wildman–Crippen MR) is 59.5 cm³/mol. The minimum Gasteiger partial charge on any atom is -0.372 e. The first-order valence-electron chi connectivity index (χ1n) is 5.76. The molecule has 15 heavy (non-hydrogen) atoms. The van der Waals surface area contributed by atoms with E-state index >= 15 is 0 Å². The molecule has 4 heteroatoms. The van der Waals surface area contributed by atoms with E-state index in [4.69, 9.17) is 10.5 Å². The lowest BCUT2D eigenvalue weighted by Crippen LogP contribution is -2.48. The first-order chi connectivity index (χ1) is 7.13. The standard InChI is InChI=1S/C11H22N2O2/c1-9-7-13(8-10(2)15-9)11(14)5-3-4-6-12/h9-10H,3-8,12H2,1-2H3. The third-order valence-corrected chi connectivity index (χ3v) is 2.62. The molecule has 1 aliphatic heterocycles. The van der Waals surface area contributed by atoms with Crippen LogP contribution in [0.15, 0.2) is 0 Å². The van der Waals surface area contributed by atoms with E-state index in [0.717, 1.165) is 25.9 Å². The van der Waals surface area contributed by atoms with Crippen molar-refractivity contribution in [2.75, 3.05) is 19.6 Å². The summed E-state index contributed by atoms with van der Waals surface area (Å²) in [5.41, 5.74) is 5.39. The molecule has 1 heterocycles. The molecule has 1 aliphatic rings. The quantitative estimate of drug-likeness (QED) is 0.703. The molecule has 0 aromatic rings. The van der Waals surface area contributed by atoms with E-state index in [-0.39, 0.29) is 18.1 Å². The Hall–Kier alpha value is -0.610. The van der Waals surface area contributed by atoms with Crippen molar-refractivity contribution in [1.82, 2.24) is 4.90 Å². The van der Waals surface area contributed by atoms with Crippen molar-refractivity contribution in [3.8, 4) is 0 Å². The van der Waals surface area contributed by atoms with Crippen molar-refractivity contribution in [2.24, 2.45) is 5.73 Å². The largest absolute Gasteiger partial charge is 0.372 e. The molecule has 0 aromatic heterocycles. The Morgan fingerprint density at radius 3 is 2.47 bits per heavy atom. The molecule has 2 unspecified atom stereocenters. The van der Waals surface area contributed by atoms with E-state index in [1.165, 1.54) is 0 Å². The number of nitrogens with two attached hydrogens (primary N) is 1. The van der Waals surface area contributed by atoms with Gasteiger partial charge in [0.2, 0.25) is 5.91 Å². The molecular weight excluding hydrogens is 192 g/mol. The Kier molecular flexibility index (Phi) is 5.05. The highest BCUT2D eigenvalue weighted by atomic mass is 16.5. The van der Waals surface area contributed by atoms with Crippen molar-refractivity contribution < 1.29 is 9.53 Å². The van der Waals surface area contributed by atoms with Crippen molar-refractivity contribution in [3.05, 3.63) is 0 Å². The second-order valence-electron chi connectivity index (χ2n) is 4.30. The number of nitrogens with zero attached hydrogens (tertiary/aromatic N) is 1. The van der Waals surface area contributed by atoms with Crippen LogP contribution in [0.5, 0.6) is 0 Å². The predicted octanol–water partition coefficient (Wildman–Crippen LogP) is 0.751. The maximum absolute atomic E-state index is 11.8. The normalized spacial score (nSPS) is 26.7. The van der Waals surface area contributed by atoms with Crippen molar-refractivity contribution >= 4 is 5.91 Å². The first kappa shape index (κ1) is 12.5. The van der Waals surface area contributed by atoms with Gasteiger partial charge in [-0.1, -0.05) is 0 Å². The van der Waals surface area contributed by atoms with E-state index in [2.05, 4.69) is 0 Å². The maximum Gasteiger partial charge on any atom is 0.222 e. The monoisotopic (exact) mass is 214 g/mol. The van der Waals surface area contributed by atoms with Gasteiger partial charge in [-0.3, -0.25) is 4.79 Å². The van der Waals surface area contributed by atoms with Gasteiger partial charge in [-0.15, -0.1) is 0 Å². The van der Waals surface area contributed by atoms with Crippen molar-refractivity contribution in [2.45, 2.75) is 45.3 Å². The summed E-state index contributed by atoms with van der Waals surface area (Å²) in [6.45, 7) is 6.15. The summed E-state index contributed by atoms with van der Waals surface area (Å²) in [6, 6.07) is 0. The molecule has 88 valence electrons. The van der Waals surface area contributed by atoms with Crippen LogP contribution >= 0.6 is 0 Å². The average molecular weight is 214 g/mol. The highest BCUT2D eigenvalue weighted by molar-refractivity contribution is 5.76. The number of carbonyl (C=O) groups is 1. The SMILES string of the molecule is CC1CN(C(=O)CCCCN)CC(C)O1. The lowest BCUT2D eigenvalue weighted by Gasteiger charge is -2.35. The summed E-state index contributed by atoms with van der Waals surface area (Å²) in [6.07, 6.45) is 2.77. The third kappa shape index (κ3) is 4.18. The van der Waals surface area contributed by atoms with Crippen LogP contribution in [0.3, 0.4) is 0 Å². The molecular formula is C11H22N2O2. The van der Waals surface area contributed by atoms with E-state index < -0.39 is 0 Å². The van der Waals surface area contributed by atoms with Crippen molar-refractivity contribution in [1.29, 1.82) is 0 Å². The highest BCUT2D eigenvalue weighted by Crippen LogP contribution is 2.12. The molecule has 0 bridgehead atoms. The van der Waals surface area contributed by atoms with Gasteiger partial charge in [0.1, 0.15) is 0 Å². The Morgan fingerprint density at radius 1 is 1.33 bits per heavy atom. The van der Waals surface area contributed by atoms with Gasteiger partial charge in [0.15, 0.2) is 0 Å². The molecule has 0 radical (unpaired) electrons. The van der Waals surface area contributed by atoms with Gasteiger partial charge in [-0.05, 0) is 33.2 Å². The summed E-state index contributed by atoms with van der Waals surface area (Å²) in [7, 11) is 0. The third-order valence-electron chi connectivity index (χ3n) is 2.62. The molecule has 2 atom stereocenters. The summed E-state index contributed by atoms with van der Waals surface area (Å²) in [5.74, 6) is 0.241. The van der Waals surface area contributed by atoms with Gasteiger partial charge in [0.05, 0.1) is 12.2 Å². The second-order valence-corrected chi connectivity index (χ2v) is 4.30. The van der Waals surface area contributed by atoms with Crippen LogP contribution in [0.4, 0.5) is 0 Å². The van der Waals surface area contributed by atoms with Gasteiger partial charge in [0.25, 0.3) is 0 Å². The number of morpholine rings is 1. The van der Waals surface area contributed by atoms with E-state index in [1.807, 2.05) is 18.7 Å². The Balaban J connectivity index is 2.31. The Bertz CT molecular complexity index is 199. The summed E-state index contributed by atoms with van der Waals surface area (Å²) < 4.78 is 5.58. The lowest BCUT2D eigenvalue weighted by atomic mass is 10.2. The number of hydrogen-bond acceptors (Lipinski definition) is 3. The fourth-order valence-corrected chi connectivity index (χ4v) is 1.96. The Morgan fingerprint density at radius 2 is 1.93 bits per heavy atom. The smallest absolute Gasteiger partial charge is 0.222 e. The van der Waals surface area contributed by atoms with Crippen LogP contribution < -0.4 is 5.73 Å². The zero-order valence-corrected chi connectivity index (χ0v) is 9.74. The van der Waals surface area contributed by atoms with Gasteiger partial charge >= 0.3 is 0 Å². The van der Waals surface area contributed by atoms with Crippen molar-refractivity contribution in [3.63, 3.8) is 0 Å². The summed E-state index contributed by atoms with van der Waals surface area (Å²) in [5, 5.41) is 0.